The summed E-state index contributed by atoms with van der Waals surface area (Å²) in [5.41, 5.74) is 5.23. The molecule has 0 saturated heterocycles. The summed E-state index contributed by atoms with van der Waals surface area (Å²) in [6.45, 7) is 4.04. The van der Waals surface area contributed by atoms with E-state index in [0.29, 0.717) is 11.3 Å². The number of benzene rings is 2. The van der Waals surface area contributed by atoms with Gasteiger partial charge >= 0.3 is 0 Å². The lowest BCUT2D eigenvalue weighted by molar-refractivity contribution is -0.137. The molecule has 0 radical (unpaired) electrons. The van der Waals surface area contributed by atoms with E-state index in [1.54, 1.807) is 12.1 Å². The van der Waals surface area contributed by atoms with E-state index in [1.165, 1.54) is 11.2 Å². The van der Waals surface area contributed by atoms with Crippen molar-refractivity contribution in [3.63, 3.8) is 0 Å². The molecular weight excluding hydrogens is 390 g/mol. The van der Waals surface area contributed by atoms with E-state index < -0.39 is 0 Å². The fourth-order valence-corrected chi connectivity index (χ4v) is 3.73. The Morgan fingerprint density at radius 2 is 1.71 bits per heavy atom. The molecule has 0 aliphatic carbocycles. The molecule has 3 aromatic rings. The van der Waals surface area contributed by atoms with Gasteiger partial charge in [-0.25, -0.2) is 0 Å². The average molecular weight is 415 g/mol. The third-order valence-electron chi connectivity index (χ3n) is 5.37. The van der Waals surface area contributed by atoms with Gasteiger partial charge < -0.3 is 14.6 Å². The molecule has 6 nitrogen and oxygen atoms in total. The fourth-order valence-electron chi connectivity index (χ4n) is 3.73. The zero-order valence-corrected chi connectivity index (χ0v) is 18.1. The van der Waals surface area contributed by atoms with Crippen LogP contribution >= 0.6 is 0 Å². The van der Waals surface area contributed by atoms with E-state index in [1.807, 2.05) is 75.3 Å². The number of furan rings is 1. The highest BCUT2D eigenvalue weighted by Gasteiger charge is 2.40. The van der Waals surface area contributed by atoms with Crippen LogP contribution in [-0.4, -0.2) is 30.8 Å². The second-order valence-electron chi connectivity index (χ2n) is 7.91. The number of amides is 2. The van der Waals surface area contributed by atoms with E-state index in [2.05, 4.69) is 5.32 Å². The Bertz CT molecular complexity index is 1160. The molecule has 1 N–H and O–H groups in total. The smallest absolute Gasteiger partial charge is 0.278 e. The highest BCUT2D eigenvalue weighted by molar-refractivity contribution is 6.36. The quantitative estimate of drug-likeness (QED) is 0.606. The van der Waals surface area contributed by atoms with Crippen LogP contribution in [0.3, 0.4) is 0 Å². The first-order chi connectivity index (χ1) is 14.8. The highest BCUT2D eigenvalue weighted by atomic mass is 16.3. The van der Waals surface area contributed by atoms with Crippen LogP contribution in [0.25, 0.3) is 5.57 Å². The van der Waals surface area contributed by atoms with Gasteiger partial charge in [-0.2, -0.15) is 0 Å². The van der Waals surface area contributed by atoms with E-state index in [-0.39, 0.29) is 24.1 Å². The highest BCUT2D eigenvalue weighted by Crippen LogP contribution is 2.33. The number of anilines is 2. The van der Waals surface area contributed by atoms with Gasteiger partial charge in [-0.1, -0.05) is 23.8 Å². The van der Waals surface area contributed by atoms with Crippen LogP contribution < -0.4 is 10.2 Å². The van der Waals surface area contributed by atoms with Gasteiger partial charge in [0.25, 0.3) is 11.8 Å². The van der Waals surface area contributed by atoms with Crippen molar-refractivity contribution in [3.8, 4) is 0 Å². The molecule has 1 aliphatic rings. The molecule has 0 bridgehead atoms. The van der Waals surface area contributed by atoms with Crippen molar-refractivity contribution in [3.05, 3.63) is 89.0 Å². The Labute approximate surface area is 181 Å². The van der Waals surface area contributed by atoms with Crippen molar-refractivity contribution in [1.29, 1.82) is 0 Å². The van der Waals surface area contributed by atoms with Crippen LogP contribution in [0.1, 0.15) is 22.5 Å². The lowest BCUT2D eigenvalue weighted by Crippen LogP contribution is -2.31. The van der Waals surface area contributed by atoms with Crippen molar-refractivity contribution in [2.24, 2.45) is 0 Å². The number of rotatable bonds is 6. The van der Waals surface area contributed by atoms with Crippen LogP contribution in [0.5, 0.6) is 0 Å². The average Bonchev–Trinajstić information content (AvgIpc) is 3.32. The Hall–Kier alpha value is -3.80. The maximum atomic E-state index is 13.4. The minimum Gasteiger partial charge on any atom is -0.467 e. The predicted octanol–water partition coefficient (Wildman–Crippen LogP) is 4.35. The maximum absolute atomic E-state index is 13.4. The van der Waals surface area contributed by atoms with E-state index in [4.69, 9.17) is 4.42 Å². The number of nitrogens with zero attached hydrogens (tertiary/aromatic N) is 2. The zero-order valence-electron chi connectivity index (χ0n) is 18.1. The molecule has 2 heterocycles. The molecule has 6 heteroatoms. The minimum absolute atomic E-state index is 0.0871. The van der Waals surface area contributed by atoms with Crippen LogP contribution in [0, 0.1) is 13.8 Å². The van der Waals surface area contributed by atoms with Gasteiger partial charge in [0.1, 0.15) is 11.5 Å². The third-order valence-corrected chi connectivity index (χ3v) is 5.37. The number of nitrogens with one attached hydrogen (secondary N) is 1. The molecule has 2 aromatic carbocycles. The summed E-state index contributed by atoms with van der Waals surface area (Å²) in [6, 6.07) is 17.1. The molecule has 2 amide bonds. The molecule has 0 spiro atoms. The second kappa shape index (κ2) is 8.14. The molecule has 4 rings (SSSR count). The lowest BCUT2D eigenvalue weighted by Gasteiger charge is -2.15. The Kier molecular flexibility index (Phi) is 5.38. The number of carbonyl (C=O) groups excluding carboxylic acids is 2. The molecule has 31 heavy (non-hydrogen) atoms. The van der Waals surface area contributed by atoms with E-state index in [0.717, 1.165) is 28.1 Å². The first-order valence-electron chi connectivity index (χ1n) is 10.1. The van der Waals surface area contributed by atoms with Crippen molar-refractivity contribution >= 4 is 28.8 Å². The topological polar surface area (TPSA) is 65.8 Å². The SMILES string of the molecule is Cc1ccc(C2=C(Nc3ccc(N(C)C)cc3)C(=O)N(Cc3ccco3)C2=O)c(C)c1. The van der Waals surface area contributed by atoms with Crippen molar-refractivity contribution in [2.75, 3.05) is 24.3 Å². The standard InChI is InChI=1S/C25H25N3O3/c1-16-7-12-21(17(2)14-16)22-23(26-18-8-10-19(11-9-18)27(3)4)25(30)28(24(22)29)15-20-6-5-13-31-20/h5-14,26H,15H2,1-4H3. The van der Waals surface area contributed by atoms with E-state index in [9.17, 15) is 9.59 Å². The summed E-state index contributed by atoms with van der Waals surface area (Å²) in [5, 5.41) is 3.21. The Morgan fingerprint density at radius 3 is 2.32 bits per heavy atom. The zero-order chi connectivity index (χ0) is 22.1. The monoisotopic (exact) mass is 415 g/mol. The molecular formula is C25H25N3O3. The molecule has 0 unspecified atom stereocenters. The normalized spacial score (nSPS) is 13.9. The second-order valence-corrected chi connectivity index (χ2v) is 7.91. The van der Waals surface area contributed by atoms with Gasteiger partial charge in [0.15, 0.2) is 0 Å². The number of imide groups is 1. The van der Waals surface area contributed by atoms with Gasteiger partial charge in [0.05, 0.1) is 18.4 Å². The van der Waals surface area contributed by atoms with Gasteiger partial charge in [-0.3, -0.25) is 14.5 Å². The first-order valence-corrected chi connectivity index (χ1v) is 10.1. The van der Waals surface area contributed by atoms with Crippen molar-refractivity contribution < 1.29 is 14.0 Å². The summed E-state index contributed by atoms with van der Waals surface area (Å²) < 4.78 is 5.37. The minimum atomic E-state index is -0.368. The summed E-state index contributed by atoms with van der Waals surface area (Å²) in [4.78, 5) is 29.9. The summed E-state index contributed by atoms with van der Waals surface area (Å²) in [5.74, 6) is -0.146. The molecule has 0 saturated carbocycles. The van der Waals surface area contributed by atoms with Crippen LogP contribution in [0.2, 0.25) is 0 Å². The third kappa shape index (κ3) is 3.97. The first kappa shape index (κ1) is 20.5. The number of hydrogen-bond acceptors (Lipinski definition) is 5. The van der Waals surface area contributed by atoms with Gasteiger partial charge in [0, 0.05) is 25.5 Å². The van der Waals surface area contributed by atoms with Gasteiger partial charge in [0.2, 0.25) is 0 Å². The predicted molar refractivity (Wildman–Crippen MR) is 121 cm³/mol. The number of aryl methyl sites for hydroxylation is 2. The van der Waals surface area contributed by atoms with Crippen molar-refractivity contribution in [2.45, 2.75) is 20.4 Å². The molecule has 1 aromatic heterocycles. The Balaban J connectivity index is 1.75. The molecule has 1 aliphatic heterocycles. The fraction of sp³-hybridized carbons (Fsp3) is 0.200. The molecule has 0 atom stereocenters. The van der Waals surface area contributed by atoms with Crippen LogP contribution in [0.15, 0.2) is 71.0 Å². The maximum Gasteiger partial charge on any atom is 0.278 e. The Morgan fingerprint density at radius 1 is 0.968 bits per heavy atom. The number of hydrogen-bond donors (Lipinski definition) is 1. The van der Waals surface area contributed by atoms with Gasteiger partial charge in [-0.05, 0) is 61.4 Å². The van der Waals surface area contributed by atoms with Gasteiger partial charge in [-0.15, -0.1) is 0 Å². The van der Waals surface area contributed by atoms with Crippen LogP contribution in [-0.2, 0) is 16.1 Å². The van der Waals surface area contributed by atoms with Crippen molar-refractivity contribution in [1.82, 2.24) is 4.90 Å². The molecule has 158 valence electrons. The van der Waals surface area contributed by atoms with E-state index >= 15 is 0 Å². The summed E-state index contributed by atoms with van der Waals surface area (Å²) in [6.07, 6.45) is 1.53. The summed E-state index contributed by atoms with van der Waals surface area (Å²) in [7, 11) is 3.93. The lowest BCUT2D eigenvalue weighted by atomic mass is 9.97. The van der Waals surface area contributed by atoms with Crippen LogP contribution in [0.4, 0.5) is 11.4 Å². The summed E-state index contributed by atoms with van der Waals surface area (Å²) >= 11 is 0. The number of carbonyl (C=O) groups is 2. The largest absolute Gasteiger partial charge is 0.467 e. The molecule has 0 fully saturated rings.